The Balaban J connectivity index is 1.91. The second-order valence-electron chi connectivity index (χ2n) is 6.52. The van der Waals surface area contributed by atoms with Gasteiger partial charge in [0.1, 0.15) is 11.5 Å². The molecule has 0 radical (unpaired) electrons. The number of nitrogens with zero attached hydrogens (tertiary/aromatic N) is 4. The van der Waals surface area contributed by atoms with E-state index >= 15 is 0 Å². The maximum atomic E-state index is 12.9. The van der Waals surface area contributed by atoms with E-state index in [1.54, 1.807) is 12.3 Å². The minimum atomic E-state index is -4.54. The van der Waals surface area contributed by atoms with E-state index in [1.807, 2.05) is 43.1 Å². The van der Waals surface area contributed by atoms with Gasteiger partial charge in [0, 0.05) is 31.7 Å². The van der Waals surface area contributed by atoms with Gasteiger partial charge in [-0.15, -0.1) is 0 Å². The van der Waals surface area contributed by atoms with Gasteiger partial charge in [0.15, 0.2) is 0 Å². The highest BCUT2D eigenvalue weighted by Gasteiger charge is 2.32. The first-order chi connectivity index (χ1) is 13.8. The van der Waals surface area contributed by atoms with E-state index in [9.17, 15) is 13.2 Å². The zero-order valence-electron chi connectivity index (χ0n) is 15.9. The van der Waals surface area contributed by atoms with Crippen molar-refractivity contribution in [3.63, 3.8) is 0 Å². The molecule has 0 aliphatic heterocycles. The first-order valence-corrected chi connectivity index (χ1v) is 8.83. The number of pyridine rings is 1. The van der Waals surface area contributed by atoms with Gasteiger partial charge in [-0.3, -0.25) is 0 Å². The number of hydrogen-bond donors (Lipinski definition) is 2. The molecular formula is C20H20F3N5O. The Kier molecular flexibility index (Phi) is 5.97. The fourth-order valence-electron chi connectivity index (χ4n) is 2.80. The van der Waals surface area contributed by atoms with Gasteiger partial charge < -0.3 is 15.3 Å². The average molecular weight is 403 g/mol. The molecule has 2 heterocycles. The van der Waals surface area contributed by atoms with Crippen molar-refractivity contribution >= 4 is 17.5 Å². The summed E-state index contributed by atoms with van der Waals surface area (Å²) in [6.07, 6.45) is -1.80. The Hall–Kier alpha value is -3.20. The van der Waals surface area contributed by atoms with Crippen molar-refractivity contribution in [3.05, 3.63) is 60.0 Å². The Morgan fingerprint density at radius 1 is 1.03 bits per heavy atom. The largest absolute Gasteiger partial charge is 0.433 e. The monoisotopic (exact) mass is 403 g/mol. The smallest absolute Gasteiger partial charge is 0.395 e. The number of halogens is 3. The summed E-state index contributed by atoms with van der Waals surface area (Å²) in [5.74, 6) is 0.572. The summed E-state index contributed by atoms with van der Waals surface area (Å²) in [7, 11) is 1.83. The van der Waals surface area contributed by atoms with Crippen molar-refractivity contribution in [1.82, 2.24) is 15.0 Å². The number of alkyl halides is 3. The summed E-state index contributed by atoms with van der Waals surface area (Å²) >= 11 is 0. The van der Waals surface area contributed by atoms with Gasteiger partial charge in [0.05, 0.1) is 6.61 Å². The zero-order chi connectivity index (χ0) is 21.0. The lowest BCUT2D eigenvalue weighted by Crippen LogP contribution is -2.22. The molecule has 0 spiro atoms. The molecule has 0 saturated carbocycles. The number of aromatic nitrogens is 3. The molecule has 0 atom stereocenters. The number of rotatable bonds is 6. The molecule has 2 aromatic heterocycles. The molecule has 152 valence electrons. The lowest BCUT2D eigenvalue weighted by molar-refractivity contribution is -0.141. The number of benzene rings is 1. The minimum Gasteiger partial charge on any atom is -0.395 e. The van der Waals surface area contributed by atoms with Crippen LogP contribution in [0.15, 0.2) is 48.8 Å². The third-order valence-electron chi connectivity index (χ3n) is 4.18. The summed E-state index contributed by atoms with van der Waals surface area (Å²) in [5.41, 5.74) is 2.23. The van der Waals surface area contributed by atoms with Crippen LogP contribution >= 0.6 is 0 Å². The van der Waals surface area contributed by atoms with Crippen LogP contribution < -0.4 is 10.2 Å². The summed E-state index contributed by atoms with van der Waals surface area (Å²) in [6, 6.07) is 10.1. The van der Waals surface area contributed by atoms with Crippen molar-refractivity contribution in [3.8, 4) is 11.1 Å². The number of nitrogens with one attached hydrogen (secondary N) is 1. The van der Waals surface area contributed by atoms with Crippen LogP contribution in [0, 0.1) is 6.92 Å². The van der Waals surface area contributed by atoms with Gasteiger partial charge in [-0.25, -0.2) is 15.0 Å². The number of likely N-dealkylation sites (N-methyl/N-ethyl adjacent to an activating group) is 1. The molecule has 0 amide bonds. The highest BCUT2D eigenvalue weighted by atomic mass is 19.4. The van der Waals surface area contributed by atoms with E-state index in [1.165, 1.54) is 0 Å². The van der Waals surface area contributed by atoms with Gasteiger partial charge in [-0.2, -0.15) is 13.2 Å². The number of hydrogen-bond acceptors (Lipinski definition) is 6. The quantitative estimate of drug-likeness (QED) is 0.647. The molecule has 9 heteroatoms. The molecule has 29 heavy (non-hydrogen) atoms. The SMILES string of the molecule is Cc1cc(Nc2nccc(C(F)(F)F)n2)cc(-c2ccnc(N(C)CCO)c2)c1. The summed E-state index contributed by atoms with van der Waals surface area (Å²) in [4.78, 5) is 13.5. The highest BCUT2D eigenvalue weighted by Crippen LogP contribution is 2.30. The molecule has 3 aromatic rings. The van der Waals surface area contributed by atoms with Crippen molar-refractivity contribution in [2.45, 2.75) is 13.1 Å². The highest BCUT2D eigenvalue weighted by molar-refractivity contribution is 5.72. The second-order valence-corrected chi connectivity index (χ2v) is 6.52. The fraction of sp³-hybridized carbons (Fsp3) is 0.250. The lowest BCUT2D eigenvalue weighted by Gasteiger charge is -2.17. The maximum absolute atomic E-state index is 12.9. The van der Waals surface area contributed by atoms with Crippen molar-refractivity contribution in [2.24, 2.45) is 0 Å². The minimum absolute atomic E-state index is 0.0118. The molecular weight excluding hydrogens is 383 g/mol. The number of aliphatic hydroxyl groups is 1. The summed E-state index contributed by atoms with van der Waals surface area (Å²) in [6.45, 7) is 2.35. The topological polar surface area (TPSA) is 74.2 Å². The third kappa shape index (κ3) is 5.20. The fourth-order valence-corrected chi connectivity index (χ4v) is 2.80. The Morgan fingerprint density at radius 3 is 2.52 bits per heavy atom. The number of aliphatic hydroxyl groups excluding tert-OH is 1. The van der Waals surface area contributed by atoms with Crippen LogP contribution in [-0.2, 0) is 6.18 Å². The maximum Gasteiger partial charge on any atom is 0.433 e. The van der Waals surface area contributed by atoms with Crippen LogP contribution in [0.3, 0.4) is 0 Å². The van der Waals surface area contributed by atoms with Gasteiger partial charge in [0.25, 0.3) is 0 Å². The summed E-state index contributed by atoms with van der Waals surface area (Å²) < 4.78 is 38.6. The van der Waals surface area contributed by atoms with E-state index in [0.29, 0.717) is 18.1 Å². The van der Waals surface area contributed by atoms with E-state index in [0.717, 1.165) is 29.0 Å². The predicted octanol–water partition coefficient (Wildman–Crippen LogP) is 4.04. The number of aryl methyl sites for hydroxylation is 1. The normalized spacial score (nSPS) is 11.4. The van der Waals surface area contributed by atoms with E-state index in [-0.39, 0.29) is 12.6 Å². The molecule has 0 unspecified atom stereocenters. The molecule has 6 nitrogen and oxygen atoms in total. The van der Waals surface area contributed by atoms with E-state index in [2.05, 4.69) is 20.3 Å². The van der Waals surface area contributed by atoms with Crippen molar-refractivity contribution in [2.75, 3.05) is 30.4 Å². The van der Waals surface area contributed by atoms with Gasteiger partial charge in [-0.1, -0.05) is 6.07 Å². The van der Waals surface area contributed by atoms with Crippen LogP contribution in [0.1, 0.15) is 11.3 Å². The average Bonchev–Trinajstić information content (AvgIpc) is 2.67. The van der Waals surface area contributed by atoms with Crippen molar-refractivity contribution < 1.29 is 18.3 Å². The van der Waals surface area contributed by atoms with Crippen LogP contribution in [0.4, 0.5) is 30.6 Å². The standard InChI is InChI=1S/C20H20F3N5O/c1-13-9-15(14-3-5-24-18(12-14)28(2)7-8-29)11-16(10-13)26-19-25-6-4-17(27-19)20(21,22)23/h3-6,9-12,29H,7-8H2,1-2H3,(H,25,26,27). The molecule has 0 aliphatic rings. The van der Waals surface area contributed by atoms with E-state index < -0.39 is 11.9 Å². The summed E-state index contributed by atoms with van der Waals surface area (Å²) in [5, 5.41) is 12.0. The van der Waals surface area contributed by atoms with Crippen LogP contribution in [0.2, 0.25) is 0 Å². The van der Waals surface area contributed by atoms with E-state index in [4.69, 9.17) is 5.11 Å². The Labute approximate surface area is 166 Å². The Bertz CT molecular complexity index is 994. The third-order valence-corrected chi connectivity index (χ3v) is 4.18. The zero-order valence-corrected chi connectivity index (χ0v) is 15.9. The Morgan fingerprint density at radius 2 is 1.79 bits per heavy atom. The van der Waals surface area contributed by atoms with Gasteiger partial charge in [-0.05, 0) is 53.9 Å². The lowest BCUT2D eigenvalue weighted by atomic mass is 10.0. The van der Waals surface area contributed by atoms with Crippen molar-refractivity contribution in [1.29, 1.82) is 0 Å². The van der Waals surface area contributed by atoms with Gasteiger partial charge >= 0.3 is 6.18 Å². The molecule has 0 bridgehead atoms. The number of anilines is 3. The molecule has 1 aromatic carbocycles. The first kappa shape index (κ1) is 20.5. The predicted molar refractivity (Wildman–Crippen MR) is 105 cm³/mol. The molecule has 0 fully saturated rings. The molecule has 3 rings (SSSR count). The first-order valence-electron chi connectivity index (χ1n) is 8.83. The van der Waals surface area contributed by atoms with Crippen LogP contribution in [-0.4, -0.2) is 40.3 Å². The molecule has 0 aliphatic carbocycles. The van der Waals surface area contributed by atoms with Gasteiger partial charge in [0.2, 0.25) is 5.95 Å². The molecule has 2 N–H and O–H groups in total. The molecule has 0 saturated heterocycles. The second kappa shape index (κ2) is 8.44. The van der Waals surface area contributed by atoms with Crippen LogP contribution in [0.25, 0.3) is 11.1 Å². The van der Waals surface area contributed by atoms with Crippen LogP contribution in [0.5, 0.6) is 0 Å².